The van der Waals surface area contributed by atoms with Crippen molar-refractivity contribution < 1.29 is 4.92 Å². The maximum Gasteiger partial charge on any atom is 0.277 e. The predicted molar refractivity (Wildman–Crippen MR) is 81.5 cm³/mol. The molecular weight excluding hydrogens is 250 g/mol. The number of non-ortho nitro benzene ring substituents is 1. The fraction of sp³-hybridized carbons (Fsp3) is 0.0588. The van der Waals surface area contributed by atoms with E-state index in [-0.39, 0.29) is 10.6 Å². The van der Waals surface area contributed by atoms with Crippen LogP contribution in [0.1, 0.15) is 5.56 Å². The molecule has 0 aromatic heterocycles. The van der Waals surface area contributed by atoms with Crippen LogP contribution in [0.4, 0.5) is 5.69 Å². The van der Waals surface area contributed by atoms with Gasteiger partial charge in [0.05, 0.1) is 10.3 Å². The minimum absolute atomic E-state index is 0.188. The molecule has 96 valence electrons. The predicted octanol–water partition coefficient (Wildman–Crippen LogP) is 4.80. The molecule has 0 fully saturated rings. The van der Waals surface area contributed by atoms with Crippen molar-refractivity contribution in [2.24, 2.45) is 0 Å². The van der Waals surface area contributed by atoms with Gasteiger partial charge in [-0.15, -0.1) is 0 Å². The lowest BCUT2D eigenvalue weighted by Crippen LogP contribution is -1.93. The monoisotopic (exact) mass is 261 g/mol. The van der Waals surface area contributed by atoms with E-state index in [9.17, 15) is 10.1 Å². The highest BCUT2D eigenvalue weighted by molar-refractivity contribution is 6.25. The van der Waals surface area contributed by atoms with Gasteiger partial charge in [-0.3, -0.25) is 10.1 Å². The zero-order chi connectivity index (χ0) is 13.9. The normalized spacial score (nSPS) is 11.7. The Hall–Kier alpha value is -2.68. The Bertz CT molecular complexity index is 973. The van der Waals surface area contributed by atoms with E-state index in [1.807, 2.05) is 25.1 Å². The van der Waals surface area contributed by atoms with Gasteiger partial charge in [0.15, 0.2) is 0 Å². The van der Waals surface area contributed by atoms with E-state index in [0.29, 0.717) is 0 Å². The van der Waals surface area contributed by atoms with Gasteiger partial charge in [0, 0.05) is 11.5 Å². The number of nitrogens with zero attached hydrogens (tertiary/aromatic N) is 1. The highest BCUT2D eigenvalue weighted by Crippen LogP contribution is 2.39. The average molecular weight is 261 g/mol. The van der Waals surface area contributed by atoms with Gasteiger partial charge >= 0.3 is 0 Å². The van der Waals surface area contributed by atoms with Crippen molar-refractivity contribution in [3.05, 3.63) is 64.2 Å². The highest BCUT2D eigenvalue weighted by Gasteiger charge is 2.18. The van der Waals surface area contributed by atoms with Crippen LogP contribution >= 0.6 is 0 Å². The van der Waals surface area contributed by atoms with Crippen LogP contribution < -0.4 is 0 Å². The van der Waals surface area contributed by atoms with Crippen LogP contribution in [0.5, 0.6) is 0 Å². The second kappa shape index (κ2) is 3.67. The standard InChI is InChI=1S/C17H11NO2/c1-10-9-15(18(19)20)14-8-6-12-4-2-3-11-5-7-13(10)17(14)16(11)12/h2-9H,1H3. The molecule has 3 nitrogen and oxygen atoms in total. The molecule has 20 heavy (non-hydrogen) atoms. The van der Waals surface area contributed by atoms with Crippen LogP contribution in [-0.4, -0.2) is 4.92 Å². The molecule has 0 bridgehead atoms. The molecule has 0 aliphatic rings. The highest BCUT2D eigenvalue weighted by atomic mass is 16.6. The number of hydrogen-bond donors (Lipinski definition) is 0. The number of nitro groups is 1. The summed E-state index contributed by atoms with van der Waals surface area (Å²) < 4.78 is 0. The molecule has 0 atom stereocenters. The lowest BCUT2D eigenvalue weighted by Gasteiger charge is -2.12. The van der Waals surface area contributed by atoms with Crippen molar-refractivity contribution in [3.8, 4) is 0 Å². The smallest absolute Gasteiger partial charge is 0.258 e. The quantitative estimate of drug-likeness (QED) is 0.280. The van der Waals surface area contributed by atoms with Crippen LogP contribution in [0.3, 0.4) is 0 Å². The van der Waals surface area contributed by atoms with Crippen molar-refractivity contribution in [2.45, 2.75) is 6.92 Å². The van der Waals surface area contributed by atoms with E-state index in [4.69, 9.17) is 0 Å². The second-order valence-corrected chi connectivity index (χ2v) is 5.15. The SMILES string of the molecule is Cc1cc([N+](=O)[O-])c2ccc3cccc4ccc1c2c43. The zero-order valence-electron chi connectivity index (χ0n) is 10.9. The van der Waals surface area contributed by atoms with Crippen LogP contribution in [-0.2, 0) is 0 Å². The van der Waals surface area contributed by atoms with Crippen molar-refractivity contribution >= 4 is 38.0 Å². The summed E-state index contributed by atoms with van der Waals surface area (Å²) in [6.07, 6.45) is 0. The van der Waals surface area contributed by atoms with Crippen molar-refractivity contribution in [1.82, 2.24) is 0 Å². The molecule has 4 aromatic rings. The molecule has 0 saturated carbocycles. The maximum atomic E-state index is 11.3. The van der Waals surface area contributed by atoms with Crippen molar-refractivity contribution in [3.63, 3.8) is 0 Å². The van der Waals surface area contributed by atoms with Gasteiger partial charge < -0.3 is 0 Å². The average Bonchev–Trinajstić information content (AvgIpc) is 2.46. The number of nitro benzene ring substituents is 1. The molecule has 0 amide bonds. The Labute approximate surface area is 114 Å². The Morgan fingerprint density at radius 2 is 1.55 bits per heavy atom. The number of benzene rings is 4. The summed E-state index contributed by atoms with van der Waals surface area (Å²) in [4.78, 5) is 11.0. The van der Waals surface area contributed by atoms with Crippen LogP contribution in [0, 0.1) is 17.0 Å². The molecule has 0 heterocycles. The van der Waals surface area contributed by atoms with Gasteiger partial charge in [-0.1, -0.05) is 36.4 Å². The Morgan fingerprint density at radius 1 is 0.900 bits per heavy atom. The first-order valence-corrected chi connectivity index (χ1v) is 6.48. The number of rotatable bonds is 1. The van der Waals surface area contributed by atoms with Gasteiger partial charge in [-0.25, -0.2) is 0 Å². The Balaban J connectivity index is 2.41. The van der Waals surface area contributed by atoms with Gasteiger partial charge in [0.1, 0.15) is 0 Å². The van der Waals surface area contributed by atoms with E-state index >= 15 is 0 Å². The lowest BCUT2D eigenvalue weighted by molar-refractivity contribution is -0.383. The molecule has 0 radical (unpaired) electrons. The summed E-state index contributed by atoms with van der Waals surface area (Å²) in [6, 6.07) is 15.8. The van der Waals surface area contributed by atoms with E-state index in [0.717, 1.165) is 37.9 Å². The van der Waals surface area contributed by atoms with Crippen molar-refractivity contribution in [2.75, 3.05) is 0 Å². The maximum absolute atomic E-state index is 11.3. The van der Waals surface area contributed by atoms with Gasteiger partial charge in [-0.2, -0.15) is 0 Å². The molecule has 3 heteroatoms. The first kappa shape index (κ1) is 11.2. The molecular formula is C17H11NO2. The first-order chi connectivity index (χ1) is 9.66. The summed E-state index contributed by atoms with van der Waals surface area (Å²) in [5, 5.41) is 17.5. The third-order valence-corrected chi connectivity index (χ3v) is 4.03. The van der Waals surface area contributed by atoms with Gasteiger partial charge in [0.2, 0.25) is 0 Å². The van der Waals surface area contributed by atoms with E-state index in [1.165, 1.54) is 0 Å². The van der Waals surface area contributed by atoms with Gasteiger partial charge in [-0.05, 0) is 40.1 Å². The fourth-order valence-electron chi connectivity index (χ4n) is 3.14. The summed E-state index contributed by atoms with van der Waals surface area (Å²) in [6.45, 7) is 1.93. The molecule has 0 spiro atoms. The van der Waals surface area contributed by atoms with Crippen molar-refractivity contribution in [1.29, 1.82) is 0 Å². The molecule has 0 aliphatic heterocycles. The molecule has 0 N–H and O–H groups in total. The molecule has 4 aromatic carbocycles. The van der Waals surface area contributed by atoms with Gasteiger partial charge in [0.25, 0.3) is 5.69 Å². The lowest BCUT2D eigenvalue weighted by atomic mass is 9.91. The molecule has 0 unspecified atom stereocenters. The first-order valence-electron chi connectivity index (χ1n) is 6.48. The summed E-state index contributed by atoms with van der Waals surface area (Å²) in [7, 11) is 0. The topological polar surface area (TPSA) is 43.1 Å². The van der Waals surface area contributed by atoms with E-state index < -0.39 is 0 Å². The second-order valence-electron chi connectivity index (χ2n) is 5.15. The number of hydrogen-bond acceptors (Lipinski definition) is 2. The number of aryl methyl sites for hydroxylation is 1. The minimum Gasteiger partial charge on any atom is -0.258 e. The molecule has 0 saturated heterocycles. The van der Waals surface area contributed by atoms with Crippen LogP contribution in [0.15, 0.2) is 48.5 Å². The molecule has 4 rings (SSSR count). The summed E-state index contributed by atoms with van der Waals surface area (Å²) in [5.74, 6) is 0. The van der Waals surface area contributed by atoms with E-state index in [2.05, 4.69) is 24.3 Å². The third-order valence-electron chi connectivity index (χ3n) is 4.03. The summed E-state index contributed by atoms with van der Waals surface area (Å²) >= 11 is 0. The third kappa shape index (κ3) is 1.29. The van der Waals surface area contributed by atoms with Crippen LogP contribution in [0.25, 0.3) is 32.3 Å². The molecule has 0 aliphatic carbocycles. The summed E-state index contributed by atoms with van der Waals surface area (Å²) in [5.41, 5.74) is 1.13. The largest absolute Gasteiger partial charge is 0.277 e. The zero-order valence-corrected chi connectivity index (χ0v) is 10.9. The Kier molecular flexibility index (Phi) is 2.05. The Morgan fingerprint density at radius 3 is 2.20 bits per heavy atom. The minimum atomic E-state index is -0.293. The van der Waals surface area contributed by atoms with E-state index in [1.54, 1.807) is 6.07 Å². The fourth-order valence-corrected chi connectivity index (χ4v) is 3.14. The van der Waals surface area contributed by atoms with Crippen LogP contribution in [0.2, 0.25) is 0 Å².